The third kappa shape index (κ3) is 5.26. The number of carbonyl (C=O) groups excluding carboxylic acids is 1. The first-order valence-corrected chi connectivity index (χ1v) is 14.5. The summed E-state index contributed by atoms with van der Waals surface area (Å²) in [6.45, 7) is 7.75. The summed E-state index contributed by atoms with van der Waals surface area (Å²) in [5, 5.41) is 7.58. The van der Waals surface area contributed by atoms with Gasteiger partial charge in [-0.15, -0.1) is 0 Å². The fourth-order valence-corrected chi connectivity index (χ4v) is 6.62. The molecule has 2 heterocycles. The fraction of sp³-hybridized carbons (Fsp3) is 0.345. The zero-order valence-corrected chi connectivity index (χ0v) is 23.6. The summed E-state index contributed by atoms with van der Waals surface area (Å²) in [6.07, 6.45) is 3.60. The lowest BCUT2D eigenvalue weighted by Gasteiger charge is -2.16. The molecule has 0 aliphatic heterocycles. The lowest BCUT2D eigenvalue weighted by atomic mass is 10.0. The Morgan fingerprint density at radius 1 is 1.00 bits per heavy atom. The van der Waals surface area contributed by atoms with Gasteiger partial charge in [0, 0.05) is 23.1 Å². The van der Waals surface area contributed by atoms with E-state index in [1.165, 1.54) is 7.11 Å². The molecule has 10 heteroatoms. The van der Waals surface area contributed by atoms with Gasteiger partial charge in [0.05, 0.1) is 12.7 Å². The number of anilines is 1. The third-order valence-electron chi connectivity index (χ3n) is 7.29. The van der Waals surface area contributed by atoms with Gasteiger partial charge in [0.15, 0.2) is 11.3 Å². The molecule has 2 aromatic heterocycles. The van der Waals surface area contributed by atoms with Crippen molar-refractivity contribution in [1.82, 2.24) is 19.3 Å². The van der Waals surface area contributed by atoms with Crippen LogP contribution in [0.1, 0.15) is 58.7 Å². The molecule has 204 valence electrons. The van der Waals surface area contributed by atoms with E-state index in [0.29, 0.717) is 22.5 Å². The van der Waals surface area contributed by atoms with Crippen LogP contribution in [0.4, 0.5) is 5.69 Å². The van der Waals surface area contributed by atoms with Gasteiger partial charge in [0.25, 0.3) is 5.91 Å². The fourth-order valence-electron chi connectivity index (χ4n) is 5.12. The number of hydrogen-bond acceptors (Lipinski definition) is 6. The van der Waals surface area contributed by atoms with Gasteiger partial charge >= 0.3 is 0 Å². The van der Waals surface area contributed by atoms with Gasteiger partial charge in [-0.1, -0.05) is 25.0 Å². The largest absolute Gasteiger partial charge is 0.495 e. The van der Waals surface area contributed by atoms with Crippen LogP contribution in [-0.2, 0) is 10.0 Å². The lowest BCUT2D eigenvalue weighted by molar-refractivity contribution is 0.102. The number of benzene rings is 2. The number of methoxy groups -OCH3 is 1. The highest BCUT2D eigenvalue weighted by molar-refractivity contribution is 7.89. The van der Waals surface area contributed by atoms with Crippen molar-refractivity contribution < 1.29 is 17.9 Å². The topological polar surface area (TPSA) is 115 Å². The standard InChI is InChI=1S/C29H33N5O4S/c1-17-10-12-23(14-18(17)2)31-29(35)27-26(28-30-19(3)15-20(4)34(28)32-27)21-11-13-24(38-5)25(16-21)39(36,37)33-22-8-6-7-9-22/h10-16,22,33H,6-9H2,1-5H3,(H,31,35). The normalized spacial score (nSPS) is 14.2. The van der Waals surface area contributed by atoms with Crippen LogP contribution in [0.3, 0.4) is 0 Å². The van der Waals surface area contributed by atoms with Crippen molar-refractivity contribution in [2.24, 2.45) is 0 Å². The Hall–Kier alpha value is -3.76. The van der Waals surface area contributed by atoms with Crippen molar-refractivity contribution >= 4 is 27.3 Å². The van der Waals surface area contributed by atoms with Gasteiger partial charge in [-0.25, -0.2) is 22.6 Å². The molecule has 1 saturated carbocycles. The smallest absolute Gasteiger partial charge is 0.276 e. The molecule has 1 aliphatic carbocycles. The second-order valence-corrected chi connectivity index (χ2v) is 11.9. The molecule has 0 atom stereocenters. The Kier molecular flexibility index (Phi) is 7.17. The van der Waals surface area contributed by atoms with Crippen LogP contribution < -0.4 is 14.8 Å². The van der Waals surface area contributed by atoms with Crippen LogP contribution in [0.25, 0.3) is 16.8 Å². The number of nitrogens with one attached hydrogen (secondary N) is 2. The van der Waals surface area contributed by atoms with Crippen molar-refractivity contribution in [1.29, 1.82) is 0 Å². The predicted molar refractivity (Wildman–Crippen MR) is 151 cm³/mol. The van der Waals surface area contributed by atoms with Crippen molar-refractivity contribution in [2.45, 2.75) is 64.3 Å². The number of rotatable bonds is 7. The maximum Gasteiger partial charge on any atom is 0.276 e. The minimum atomic E-state index is -3.88. The molecule has 0 saturated heterocycles. The SMILES string of the molecule is COc1ccc(-c2c(C(=O)Nc3ccc(C)c(C)c3)nn3c(C)cc(C)nc23)cc1S(=O)(=O)NC1CCCC1. The molecule has 9 nitrogen and oxygen atoms in total. The number of amides is 1. The predicted octanol–water partition coefficient (Wildman–Crippen LogP) is 5.11. The number of hydrogen-bond donors (Lipinski definition) is 2. The minimum Gasteiger partial charge on any atom is -0.495 e. The van der Waals surface area contributed by atoms with Crippen LogP contribution in [0.5, 0.6) is 5.75 Å². The van der Waals surface area contributed by atoms with Crippen LogP contribution >= 0.6 is 0 Å². The van der Waals surface area contributed by atoms with E-state index >= 15 is 0 Å². The summed E-state index contributed by atoms with van der Waals surface area (Å²) in [7, 11) is -2.44. The van der Waals surface area contributed by atoms with E-state index in [1.54, 1.807) is 22.7 Å². The molecule has 1 amide bonds. The Morgan fingerprint density at radius 3 is 2.44 bits per heavy atom. The van der Waals surface area contributed by atoms with Gasteiger partial charge in [-0.05, 0) is 87.6 Å². The van der Waals surface area contributed by atoms with E-state index in [0.717, 1.165) is 48.2 Å². The maximum absolute atomic E-state index is 13.6. The summed E-state index contributed by atoms with van der Waals surface area (Å²) >= 11 is 0. The Balaban J connectivity index is 1.65. The van der Waals surface area contributed by atoms with Crippen LogP contribution in [0.2, 0.25) is 0 Å². The Morgan fingerprint density at radius 2 is 1.74 bits per heavy atom. The number of sulfonamides is 1. The van der Waals surface area contributed by atoms with Gasteiger partial charge in [-0.3, -0.25) is 4.79 Å². The van der Waals surface area contributed by atoms with E-state index < -0.39 is 15.9 Å². The summed E-state index contributed by atoms with van der Waals surface area (Å²) < 4.78 is 36.8. The Labute approximate surface area is 228 Å². The molecule has 2 aromatic carbocycles. The zero-order valence-electron chi connectivity index (χ0n) is 22.8. The third-order valence-corrected chi connectivity index (χ3v) is 8.84. The monoisotopic (exact) mass is 547 g/mol. The highest BCUT2D eigenvalue weighted by Gasteiger charge is 2.29. The molecular formula is C29H33N5O4S. The number of ether oxygens (including phenoxy) is 1. The molecular weight excluding hydrogens is 514 g/mol. The highest BCUT2D eigenvalue weighted by Crippen LogP contribution is 2.35. The number of carbonyl (C=O) groups is 1. The van der Waals surface area contributed by atoms with Crippen LogP contribution in [0, 0.1) is 27.7 Å². The summed E-state index contributed by atoms with van der Waals surface area (Å²) in [5.74, 6) is -0.192. The average molecular weight is 548 g/mol. The number of aromatic nitrogens is 3. The first-order valence-electron chi connectivity index (χ1n) is 13.0. The zero-order chi connectivity index (χ0) is 27.9. The molecule has 4 aromatic rings. The van der Waals surface area contributed by atoms with Crippen molar-refractivity contribution in [3.05, 3.63) is 70.7 Å². The van der Waals surface area contributed by atoms with E-state index in [4.69, 9.17) is 9.72 Å². The molecule has 0 bridgehead atoms. The van der Waals surface area contributed by atoms with Gasteiger partial charge in [0.2, 0.25) is 10.0 Å². The molecule has 39 heavy (non-hydrogen) atoms. The van der Waals surface area contributed by atoms with Crippen LogP contribution in [0.15, 0.2) is 47.4 Å². The first-order chi connectivity index (χ1) is 18.6. The quantitative estimate of drug-likeness (QED) is 0.332. The second-order valence-electron chi connectivity index (χ2n) is 10.2. The first kappa shape index (κ1) is 26.8. The lowest BCUT2D eigenvalue weighted by Crippen LogP contribution is -2.32. The van der Waals surface area contributed by atoms with E-state index in [-0.39, 0.29) is 22.4 Å². The van der Waals surface area contributed by atoms with Crippen molar-refractivity contribution in [3.8, 4) is 16.9 Å². The molecule has 1 fully saturated rings. The molecule has 5 rings (SSSR count). The minimum absolute atomic E-state index is 0.0126. The van der Waals surface area contributed by atoms with Gasteiger partial charge < -0.3 is 10.1 Å². The molecule has 2 N–H and O–H groups in total. The van der Waals surface area contributed by atoms with Crippen LogP contribution in [-0.4, -0.2) is 42.1 Å². The van der Waals surface area contributed by atoms with Gasteiger partial charge in [-0.2, -0.15) is 5.10 Å². The summed E-state index contributed by atoms with van der Waals surface area (Å²) in [6, 6.07) is 12.4. The van der Waals surface area contributed by atoms with Crippen molar-refractivity contribution in [3.63, 3.8) is 0 Å². The highest BCUT2D eigenvalue weighted by atomic mass is 32.2. The Bertz CT molecular complexity index is 1690. The maximum atomic E-state index is 13.6. The number of fused-ring (bicyclic) bond motifs is 1. The van der Waals surface area contributed by atoms with E-state index in [1.807, 2.05) is 52.0 Å². The number of aryl methyl sites for hydroxylation is 4. The van der Waals surface area contributed by atoms with Crippen molar-refractivity contribution in [2.75, 3.05) is 12.4 Å². The van der Waals surface area contributed by atoms with Gasteiger partial charge in [0.1, 0.15) is 10.6 Å². The van der Waals surface area contributed by atoms with E-state index in [2.05, 4.69) is 15.1 Å². The summed E-state index contributed by atoms with van der Waals surface area (Å²) in [4.78, 5) is 18.3. The molecule has 0 radical (unpaired) electrons. The second kappa shape index (κ2) is 10.4. The number of nitrogens with zero attached hydrogens (tertiary/aromatic N) is 3. The summed E-state index contributed by atoms with van der Waals surface area (Å²) in [5.41, 5.74) is 5.93. The molecule has 0 unspecified atom stereocenters. The molecule has 1 aliphatic rings. The average Bonchev–Trinajstić information content (AvgIpc) is 3.53. The molecule has 0 spiro atoms. The van der Waals surface area contributed by atoms with E-state index in [9.17, 15) is 13.2 Å².